The molecule has 4 aliphatic heterocycles. The van der Waals surface area contributed by atoms with Gasteiger partial charge in [0.05, 0.1) is 35.5 Å². The van der Waals surface area contributed by atoms with Crippen LogP contribution in [0.4, 0.5) is 0 Å². The first-order chi connectivity index (χ1) is 23.2. The molecule has 0 radical (unpaired) electrons. The van der Waals surface area contributed by atoms with E-state index in [1.165, 1.54) is 11.8 Å². The Bertz CT molecular complexity index is 1850. The number of nitrogens with zero attached hydrogens (tertiary/aromatic N) is 4. The van der Waals surface area contributed by atoms with E-state index in [0.717, 1.165) is 98.8 Å². The lowest BCUT2D eigenvalue weighted by Gasteiger charge is -2.29. The van der Waals surface area contributed by atoms with Crippen molar-refractivity contribution in [2.75, 3.05) is 52.2 Å². The number of nitrogens with one attached hydrogen (secondary N) is 2. The number of likely N-dealkylation sites (tertiary alicyclic amines) is 1. The van der Waals surface area contributed by atoms with Gasteiger partial charge in [-0.1, -0.05) is 41.6 Å². The van der Waals surface area contributed by atoms with Gasteiger partial charge in [-0.2, -0.15) is 5.10 Å². The summed E-state index contributed by atoms with van der Waals surface area (Å²) in [7, 11) is -3.29. The summed E-state index contributed by atoms with van der Waals surface area (Å²) in [6.07, 6.45) is 5.39. The number of benzene rings is 2. The zero-order valence-corrected chi connectivity index (χ0v) is 29.0. The molecule has 0 bridgehead atoms. The van der Waals surface area contributed by atoms with Crippen LogP contribution in [0.15, 0.2) is 36.4 Å². The lowest BCUT2D eigenvalue weighted by molar-refractivity contribution is -0.132. The maximum absolute atomic E-state index is 13.0. The van der Waals surface area contributed by atoms with E-state index < -0.39 is 15.2 Å². The number of aryl methyl sites for hydroxylation is 1. The van der Waals surface area contributed by atoms with E-state index in [1.807, 2.05) is 33.8 Å². The standard InChI is InChI=1S/C36H43ClN6O4S/c1-48(45,46)34-22-33-30(24-39-34)35(40-43(33)15-5-12-41-16-18-47-19-17-41)29-6-4-7-31(37)28(29)11-9-25-8-10-26-21-32(38-23-27(26)20-25)36(44)42-13-2-3-14-42/h4,6-8,10,20,32,34,38-39H,2-3,5,12-19,21-24H2,1H3/t32-,34?/m0/s1. The summed E-state index contributed by atoms with van der Waals surface area (Å²) in [5.74, 6) is 6.90. The first-order valence-electron chi connectivity index (χ1n) is 17.0. The summed E-state index contributed by atoms with van der Waals surface area (Å²) in [5, 5.41) is 11.7. The largest absolute Gasteiger partial charge is 0.379 e. The molecule has 2 saturated heterocycles. The van der Waals surface area contributed by atoms with Crippen LogP contribution in [0.25, 0.3) is 11.3 Å². The van der Waals surface area contributed by atoms with Crippen LogP contribution < -0.4 is 10.6 Å². The molecule has 3 aromatic rings. The first-order valence-corrected chi connectivity index (χ1v) is 19.3. The summed E-state index contributed by atoms with van der Waals surface area (Å²) in [5.41, 5.74) is 7.46. The third kappa shape index (κ3) is 7.20. The summed E-state index contributed by atoms with van der Waals surface area (Å²) in [6.45, 7) is 7.71. The van der Waals surface area contributed by atoms with E-state index in [9.17, 15) is 13.2 Å². The Hall–Kier alpha value is -3.24. The third-order valence-electron chi connectivity index (χ3n) is 10.0. The van der Waals surface area contributed by atoms with E-state index in [4.69, 9.17) is 21.4 Å². The number of amides is 1. The van der Waals surface area contributed by atoms with Crippen LogP contribution >= 0.6 is 11.6 Å². The molecule has 1 amide bonds. The van der Waals surface area contributed by atoms with Gasteiger partial charge in [-0.25, -0.2) is 8.42 Å². The fourth-order valence-electron chi connectivity index (χ4n) is 7.29. The number of morpholine rings is 1. The maximum atomic E-state index is 13.0. The Labute approximate surface area is 288 Å². The van der Waals surface area contributed by atoms with Gasteiger partial charge in [-0.05, 0) is 55.0 Å². The number of halogens is 1. The van der Waals surface area contributed by atoms with Crippen molar-refractivity contribution < 1.29 is 17.9 Å². The molecular formula is C36H43ClN6O4S. The van der Waals surface area contributed by atoms with Crippen molar-refractivity contribution >= 4 is 27.3 Å². The second-order valence-electron chi connectivity index (χ2n) is 13.3. The molecular weight excluding hydrogens is 648 g/mol. The number of carbonyl (C=O) groups is 1. The third-order valence-corrected chi connectivity index (χ3v) is 11.7. The highest BCUT2D eigenvalue weighted by Gasteiger charge is 2.32. The molecule has 7 rings (SSSR count). The van der Waals surface area contributed by atoms with Crippen LogP contribution in [0.1, 0.15) is 52.8 Å². The number of hydrogen-bond donors (Lipinski definition) is 2. The number of hydrogen-bond acceptors (Lipinski definition) is 8. The van der Waals surface area contributed by atoms with Crippen molar-refractivity contribution in [1.29, 1.82) is 0 Å². The topological polar surface area (TPSA) is 109 Å². The van der Waals surface area contributed by atoms with Crippen LogP contribution in [-0.4, -0.2) is 97.5 Å². The molecule has 1 aromatic heterocycles. The van der Waals surface area contributed by atoms with Crippen LogP contribution in [0, 0.1) is 11.8 Å². The van der Waals surface area contributed by atoms with Crippen LogP contribution in [-0.2, 0) is 51.8 Å². The van der Waals surface area contributed by atoms with E-state index in [2.05, 4.69) is 39.5 Å². The minimum atomic E-state index is -3.29. The monoisotopic (exact) mass is 690 g/mol. The molecule has 0 saturated carbocycles. The Morgan fingerprint density at radius 2 is 1.81 bits per heavy atom. The molecule has 2 atom stereocenters. The number of rotatable bonds is 7. The average molecular weight is 691 g/mol. The summed E-state index contributed by atoms with van der Waals surface area (Å²) in [6, 6.07) is 11.8. The van der Waals surface area contributed by atoms with Crippen molar-refractivity contribution in [1.82, 2.24) is 30.2 Å². The normalized spacial score (nSPS) is 21.3. The molecule has 12 heteroatoms. The molecule has 1 unspecified atom stereocenters. The number of ether oxygens (including phenoxy) is 1. The second kappa shape index (κ2) is 14.3. The average Bonchev–Trinajstić information content (AvgIpc) is 3.76. The van der Waals surface area contributed by atoms with Crippen LogP contribution in [0.3, 0.4) is 0 Å². The summed E-state index contributed by atoms with van der Waals surface area (Å²) in [4.78, 5) is 17.4. The van der Waals surface area contributed by atoms with Gasteiger partial charge >= 0.3 is 0 Å². The van der Waals surface area contributed by atoms with Crippen LogP contribution in [0.5, 0.6) is 0 Å². The van der Waals surface area contributed by atoms with E-state index in [-0.39, 0.29) is 11.9 Å². The SMILES string of the molecule is CS(=O)(=O)C1Cc2c(c(-c3cccc(Cl)c3C#Cc3ccc4c(c3)CN[C@H](C(=O)N3CCCC3)C4)nn2CCCN2CCOCC2)CN1. The van der Waals surface area contributed by atoms with E-state index in [0.29, 0.717) is 43.1 Å². The Kier molecular flexibility index (Phi) is 9.92. The van der Waals surface area contributed by atoms with Gasteiger partial charge in [0.2, 0.25) is 5.91 Å². The number of aromatic nitrogens is 2. The van der Waals surface area contributed by atoms with Gasteiger partial charge in [-0.15, -0.1) is 0 Å². The van der Waals surface area contributed by atoms with Gasteiger partial charge in [0, 0.05) is 87.4 Å². The predicted octanol–water partition coefficient (Wildman–Crippen LogP) is 2.98. The molecule has 10 nitrogen and oxygen atoms in total. The lowest BCUT2D eigenvalue weighted by Crippen LogP contribution is -2.48. The minimum Gasteiger partial charge on any atom is -0.379 e. The molecule has 254 valence electrons. The quantitative estimate of drug-likeness (QED) is 0.365. The fraction of sp³-hybridized carbons (Fsp3) is 0.500. The van der Waals surface area contributed by atoms with Crippen LogP contribution in [0.2, 0.25) is 5.02 Å². The summed E-state index contributed by atoms with van der Waals surface area (Å²) < 4.78 is 32.6. The van der Waals surface area contributed by atoms with Crippen molar-refractivity contribution in [3.63, 3.8) is 0 Å². The molecule has 2 aromatic carbocycles. The Morgan fingerprint density at radius 1 is 1.00 bits per heavy atom. The molecule has 5 heterocycles. The minimum absolute atomic E-state index is 0.175. The number of carbonyl (C=O) groups excluding carboxylic acids is 1. The van der Waals surface area contributed by atoms with Gasteiger partial charge in [0.15, 0.2) is 9.84 Å². The molecule has 2 fully saturated rings. The van der Waals surface area contributed by atoms with Gasteiger partial charge in [-0.3, -0.25) is 19.7 Å². The van der Waals surface area contributed by atoms with Crippen molar-refractivity contribution in [3.05, 3.63) is 74.9 Å². The summed E-state index contributed by atoms with van der Waals surface area (Å²) >= 11 is 6.81. The van der Waals surface area contributed by atoms with Gasteiger partial charge in [0.1, 0.15) is 5.37 Å². The fourth-order valence-corrected chi connectivity index (χ4v) is 8.36. The highest BCUT2D eigenvalue weighted by Crippen LogP contribution is 2.34. The number of sulfone groups is 1. The highest BCUT2D eigenvalue weighted by atomic mass is 35.5. The van der Waals surface area contributed by atoms with Gasteiger partial charge in [0.25, 0.3) is 0 Å². The van der Waals surface area contributed by atoms with Crippen molar-refractivity contribution in [2.45, 2.75) is 63.2 Å². The highest BCUT2D eigenvalue weighted by molar-refractivity contribution is 7.91. The lowest BCUT2D eigenvalue weighted by atomic mass is 9.93. The molecule has 0 spiro atoms. The molecule has 4 aliphatic rings. The number of fused-ring (bicyclic) bond motifs is 2. The zero-order chi connectivity index (χ0) is 33.3. The zero-order valence-electron chi connectivity index (χ0n) is 27.4. The molecule has 48 heavy (non-hydrogen) atoms. The van der Waals surface area contributed by atoms with Gasteiger partial charge < -0.3 is 15.0 Å². The molecule has 0 aliphatic carbocycles. The second-order valence-corrected chi connectivity index (χ2v) is 15.9. The Morgan fingerprint density at radius 3 is 2.60 bits per heavy atom. The smallest absolute Gasteiger partial charge is 0.240 e. The molecule has 2 N–H and O–H groups in total. The predicted molar refractivity (Wildman–Crippen MR) is 186 cm³/mol. The van der Waals surface area contributed by atoms with Crippen molar-refractivity contribution in [3.8, 4) is 23.1 Å². The van der Waals surface area contributed by atoms with E-state index >= 15 is 0 Å². The van der Waals surface area contributed by atoms with Crippen molar-refractivity contribution in [2.24, 2.45) is 0 Å². The van der Waals surface area contributed by atoms with E-state index in [1.54, 1.807) is 0 Å². The maximum Gasteiger partial charge on any atom is 0.240 e. The Balaban J connectivity index is 1.15. The first kappa shape index (κ1) is 33.3.